The summed E-state index contributed by atoms with van der Waals surface area (Å²) in [6.45, 7) is 2.04. The number of rotatable bonds is 2. The predicted molar refractivity (Wildman–Crippen MR) is 94.6 cm³/mol. The van der Waals surface area contributed by atoms with Crippen LogP contribution in [0.1, 0.15) is 11.1 Å². The number of hydrogen-bond donors (Lipinski definition) is 1. The van der Waals surface area contributed by atoms with Gasteiger partial charge in [0.15, 0.2) is 0 Å². The Balaban J connectivity index is 2.23. The Morgan fingerprint density at radius 1 is 1.27 bits per heavy atom. The highest BCUT2D eigenvalue weighted by molar-refractivity contribution is 9.10. The van der Waals surface area contributed by atoms with Gasteiger partial charge in [-0.3, -0.25) is 0 Å². The normalized spacial score (nSPS) is 10.4. The number of nitrogen functional groups attached to an aromatic ring is 1. The quantitative estimate of drug-likeness (QED) is 0.690. The molecular weight excluding hydrogens is 358 g/mol. The van der Waals surface area contributed by atoms with Gasteiger partial charge in [0, 0.05) is 25.9 Å². The Kier molecular flexibility index (Phi) is 3.97. The minimum atomic E-state index is 0.265. The molecule has 5 heteroatoms. The molecule has 0 amide bonds. The minimum absolute atomic E-state index is 0.265. The summed E-state index contributed by atoms with van der Waals surface area (Å²) in [6.07, 6.45) is 0. The van der Waals surface area contributed by atoms with E-state index in [1.165, 1.54) is 0 Å². The van der Waals surface area contributed by atoms with Crippen molar-refractivity contribution in [3.63, 3.8) is 0 Å². The minimum Gasteiger partial charge on any atom is -0.383 e. The van der Waals surface area contributed by atoms with Crippen LogP contribution in [-0.2, 0) is 0 Å². The summed E-state index contributed by atoms with van der Waals surface area (Å²) in [5.41, 5.74) is 10.2. The number of aromatic nitrogens is 1. The van der Waals surface area contributed by atoms with Crippen molar-refractivity contribution in [2.45, 2.75) is 6.92 Å². The van der Waals surface area contributed by atoms with Gasteiger partial charge in [0.2, 0.25) is 0 Å². The molecule has 2 N–H and O–H groups in total. The Bertz CT molecular complexity index is 893. The van der Waals surface area contributed by atoms with Crippen molar-refractivity contribution in [3.05, 3.63) is 57.4 Å². The molecule has 3 nitrogen and oxygen atoms in total. The second kappa shape index (κ2) is 5.91. The predicted octanol–water partition coefficient (Wildman–Crippen LogP) is 5.00. The van der Waals surface area contributed by atoms with Gasteiger partial charge in [-0.25, -0.2) is 4.98 Å². The maximum Gasteiger partial charge on any atom is 0.142 e. The SMILES string of the molecule is Cc1cccc(-c2cc(-c3cc(Br)cs3)c(C#N)c(N)n2)c1. The van der Waals surface area contributed by atoms with Crippen molar-refractivity contribution < 1.29 is 0 Å². The van der Waals surface area contributed by atoms with Crippen LogP contribution < -0.4 is 5.73 Å². The van der Waals surface area contributed by atoms with Gasteiger partial charge in [-0.1, -0.05) is 23.8 Å². The van der Waals surface area contributed by atoms with E-state index in [1.54, 1.807) is 11.3 Å². The topological polar surface area (TPSA) is 62.7 Å². The van der Waals surface area contributed by atoms with Gasteiger partial charge >= 0.3 is 0 Å². The molecular formula is C17H12BrN3S. The fraction of sp³-hybridized carbons (Fsp3) is 0.0588. The second-order valence-electron chi connectivity index (χ2n) is 4.93. The summed E-state index contributed by atoms with van der Waals surface area (Å²) < 4.78 is 0.990. The average molecular weight is 370 g/mol. The number of aryl methyl sites for hydroxylation is 1. The van der Waals surface area contributed by atoms with Crippen LogP contribution in [-0.4, -0.2) is 4.98 Å². The Morgan fingerprint density at radius 2 is 2.09 bits per heavy atom. The van der Waals surface area contributed by atoms with Gasteiger partial charge < -0.3 is 5.73 Å². The molecule has 0 saturated heterocycles. The van der Waals surface area contributed by atoms with E-state index in [2.05, 4.69) is 33.0 Å². The molecule has 0 fully saturated rings. The number of halogens is 1. The van der Waals surface area contributed by atoms with E-state index >= 15 is 0 Å². The van der Waals surface area contributed by atoms with Crippen molar-refractivity contribution in [1.29, 1.82) is 5.26 Å². The third-order valence-corrected chi connectivity index (χ3v) is 5.03. The van der Waals surface area contributed by atoms with Crippen molar-refractivity contribution in [1.82, 2.24) is 4.98 Å². The highest BCUT2D eigenvalue weighted by Gasteiger charge is 2.14. The van der Waals surface area contributed by atoms with Gasteiger partial charge in [0.1, 0.15) is 17.5 Å². The Labute approximate surface area is 141 Å². The molecule has 0 aliphatic rings. The number of nitrogens with two attached hydrogens (primary N) is 1. The van der Waals surface area contributed by atoms with E-state index in [0.29, 0.717) is 5.56 Å². The molecule has 0 atom stereocenters. The summed E-state index contributed by atoms with van der Waals surface area (Å²) >= 11 is 5.01. The third-order valence-electron chi connectivity index (χ3n) is 3.31. The van der Waals surface area contributed by atoms with Gasteiger partial charge in [0.25, 0.3) is 0 Å². The summed E-state index contributed by atoms with van der Waals surface area (Å²) in [7, 11) is 0. The van der Waals surface area contributed by atoms with Crippen LogP contribution in [0.25, 0.3) is 21.7 Å². The molecule has 0 unspecified atom stereocenters. The number of thiophene rings is 1. The van der Waals surface area contributed by atoms with Crippen LogP contribution in [0.3, 0.4) is 0 Å². The fourth-order valence-corrected chi connectivity index (χ4v) is 3.73. The smallest absolute Gasteiger partial charge is 0.142 e. The first-order valence-corrected chi connectivity index (χ1v) is 8.28. The molecule has 0 spiro atoms. The Hall–Kier alpha value is -2.16. The second-order valence-corrected chi connectivity index (χ2v) is 6.75. The summed E-state index contributed by atoms with van der Waals surface area (Å²) in [6, 6.07) is 14.2. The monoisotopic (exact) mass is 369 g/mol. The molecule has 108 valence electrons. The highest BCUT2D eigenvalue weighted by atomic mass is 79.9. The van der Waals surface area contributed by atoms with E-state index in [-0.39, 0.29) is 5.82 Å². The van der Waals surface area contributed by atoms with Crippen molar-refractivity contribution >= 4 is 33.1 Å². The zero-order valence-corrected chi connectivity index (χ0v) is 14.2. The lowest BCUT2D eigenvalue weighted by Gasteiger charge is -2.09. The number of nitrogens with zero attached hydrogens (tertiary/aromatic N) is 2. The molecule has 0 aliphatic carbocycles. The maximum absolute atomic E-state index is 9.40. The van der Waals surface area contributed by atoms with E-state index in [9.17, 15) is 5.26 Å². The lowest BCUT2D eigenvalue weighted by atomic mass is 10.0. The van der Waals surface area contributed by atoms with E-state index < -0.39 is 0 Å². The van der Waals surface area contributed by atoms with Crippen LogP contribution in [0.5, 0.6) is 0 Å². The van der Waals surface area contributed by atoms with Gasteiger partial charge in [-0.05, 0) is 41.1 Å². The van der Waals surface area contributed by atoms with Crippen LogP contribution in [0, 0.1) is 18.3 Å². The first-order valence-electron chi connectivity index (χ1n) is 6.60. The summed E-state index contributed by atoms with van der Waals surface area (Å²) in [5, 5.41) is 11.4. The number of pyridine rings is 1. The molecule has 0 radical (unpaired) electrons. The first kappa shape index (κ1) is 14.8. The first-order chi connectivity index (χ1) is 10.6. The average Bonchev–Trinajstić information content (AvgIpc) is 2.93. The van der Waals surface area contributed by atoms with Crippen LogP contribution in [0.15, 0.2) is 46.3 Å². The molecule has 3 aromatic rings. The van der Waals surface area contributed by atoms with Crippen LogP contribution >= 0.6 is 27.3 Å². The largest absolute Gasteiger partial charge is 0.383 e. The number of anilines is 1. The number of hydrogen-bond acceptors (Lipinski definition) is 4. The molecule has 2 heterocycles. The summed E-state index contributed by atoms with van der Waals surface area (Å²) in [4.78, 5) is 5.39. The number of nitriles is 1. The Morgan fingerprint density at radius 3 is 2.73 bits per heavy atom. The van der Waals surface area contributed by atoms with E-state index in [4.69, 9.17) is 5.73 Å². The molecule has 1 aromatic carbocycles. The molecule has 3 rings (SSSR count). The molecule has 0 aliphatic heterocycles. The molecule has 0 bridgehead atoms. The lowest BCUT2D eigenvalue weighted by Crippen LogP contribution is -1.99. The van der Waals surface area contributed by atoms with Crippen LogP contribution in [0.2, 0.25) is 0 Å². The molecule has 0 saturated carbocycles. The third kappa shape index (κ3) is 2.76. The van der Waals surface area contributed by atoms with Crippen LogP contribution in [0.4, 0.5) is 5.82 Å². The highest BCUT2D eigenvalue weighted by Crippen LogP contribution is 2.36. The molecule has 22 heavy (non-hydrogen) atoms. The number of benzene rings is 1. The van der Waals surface area contributed by atoms with Gasteiger partial charge in [-0.2, -0.15) is 5.26 Å². The van der Waals surface area contributed by atoms with Gasteiger partial charge in [-0.15, -0.1) is 11.3 Å². The van der Waals surface area contributed by atoms with Crippen molar-refractivity contribution in [2.75, 3.05) is 5.73 Å². The fourth-order valence-electron chi connectivity index (χ4n) is 2.28. The van der Waals surface area contributed by atoms with Crippen molar-refractivity contribution in [2.24, 2.45) is 0 Å². The molecule has 2 aromatic heterocycles. The van der Waals surface area contributed by atoms with Crippen molar-refractivity contribution in [3.8, 4) is 27.8 Å². The summed E-state index contributed by atoms with van der Waals surface area (Å²) in [5.74, 6) is 0.265. The van der Waals surface area contributed by atoms with E-state index in [0.717, 1.165) is 31.7 Å². The zero-order chi connectivity index (χ0) is 15.7. The standard InChI is InChI=1S/C17H12BrN3S/c1-10-3-2-4-11(5-10)15-7-13(14(8-19)17(20)21-15)16-6-12(18)9-22-16/h2-7,9H,1H3,(H2,20,21). The van der Waals surface area contributed by atoms with Gasteiger partial charge in [0.05, 0.1) is 5.69 Å². The van der Waals surface area contributed by atoms with E-state index in [1.807, 2.05) is 42.6 Å². The lowest BCUT2D eigenvalue weighted by molar-refractivity contribution is 1.31. The maximum atomic E-state index is 9.40. The zero-order valence-electron chi connectivity index (χ0n) is 11.8.